The molecule has 0 saturated carbocycles. The van der Waals surface area contributed by atoms with Gasteiger partial charge in [0.05, 0.1) is 12.7 Å². The molecule has 2 fully saturated rings. The van der Waals surface area contributed by atoms with Crippen molar-refractivity contribution in [3.8, 4) is 0 Å². The molecule has 1 N–H and O–H groups in total. The van der Waals surface area contributed by atoms with Crippen LogP contribution < -0.4 is 5.32 Å². The van der Waals surface area contributed by atoms with Crippen molar-refractivity contribution in [1.29, 1.82) is 0 Å². The molecule has 1 unspecified atom stereocenters. The highest BCUT2D eigenvalue weighted by molar-refractivity contribution is 5.90. The first-order chi connectivity index (χ1) is 10.1. The van der Waals surface area contributed by atoms with E-state index in [2.05, 4.69) is 5.32 Å². The van der Waals surface area contributed by atoms with E-state index in [0.29, 0.717) is 13.2 Å². The average molecular weight is 300 g/mol. The summed E-state index contributed by atoms with van der Waals surface area (Å²) in [6.45, 7) is 2.65. The third-order valence-corrected chi connectivity index (χ3v) is 3.41. The van der Waals surface area contributed by atoms with Gasteiger partial charge in [-0.3, -0.25) is 14.5 Å². The van der Waals surface area contributed by atoms with Crippen LogP contribution in [0.5, 0.6) is 0 Å². The van der Waals surface area contributed by atoms with Crippen LogP contribution >= 0.6 is 0 Å². The maximum Gasteiger partial charge on any atom is 0.411 e. The Kier molecular flexibility index (Phi) is 5.38. The Balaban J connectivity index is 1.85. The van der Waals surface area contributed by atoms with Gasteiger partial charge in [-0.05, 0) is 19.8 Å². The van der Waals surface area contributed by atoms with Gasteiger partial charge < -0.3 is 19.5 Å². The summed E-state index contributed by atoms with van der Waals surface area (Å²) in [6, 6.07) is -0.802. The molecule has 0 aromatic carbocycles. The Morgan fingerprint density at radius 1 is 1.48 bits per heavy atom. The molecule has 21 heavy (non-hydrogen) atoms. The van der Waals surface area contributed by atoms with Crippen molar-refractivity contribution in [2.75, 3.05) is 32.9 Å². The minimum Gasteiger partial charge on any atom is -0.465 e. The number of ether oxygens (including phenoxy) is 3. The Bertz CT molecular complexity index is 407. The number of hydrogen-bond acceptors (Lipinski definition) is 6. The molecule has 2 rings (SSSR count). The van der Waals surface area contributed by atoms with Gasteiger partial charge in [-0.1, -0.05) is 0 Å². The van der Waals surface area contributed by atoms with Crippen molar-refractivity contribution >= 4 is 18.0 Å². The van der Waals surface area contributed by atoms with Crippen LogP contribution in [0.25, 0.3) is 0 Å². The normalized spacial score (nSPS) is 24.8. The molecule has 0 radical (unpaired) electrons. The van der Waals surface area contributed by atoms with Gasteiger partial charge in [-0.25, -0.2) is 4.79 Å². The van der Waals surface area contributed by atoms with Crippen molar-refractivity contribution in [1.82, 2.24) is 10.2 Å². The second kappa shape index (κ2) is 7.26. The standard InChI is InChI=1S/C13H20N2O6/c1-2-19-11(16)7-15-10(8-21-13(15)18)12(17)14-6-9-4-3-5-20-9/h9-10H,2-8H2,1H3,(H,14,17)/t9?,10-/m0/s1. The number of amides is 2. The first-order valence-electron chi connectivity index (χ1n) is 7.10. The quantitative estimate of drug-likeness (QED) is 0.675. The summed E-state index contributed by atoms with van der Waals surface area (Å²) < 4.78 is 15.0. The van der Waals surface area contributed by atoms with Gasteiger partial charge in [-0.2, -0.15) is 0 Å². The number of esters is 1. The lowest BCUT2D eigenvalue weighted by Crippen LogP contribution is -2.49. The zero-order chi connectivity index (χ0) is 15.2. The Morgan fingerprint density at radius 3 is 2.95 bits per heavy atom. The van der Waals surface area contributed by atoms with Gasteiger partial charge in [0.2, 0.25) is 5.91 Å². The number of hydrogen-bond donors (Lipinski definition) is 1. The van der Waals surface area contributed by atoms with Crippen molar-refractivity contribution in [2.45, 2.75) is 31.9 Å². The van der Waals surface area contributed by atoms with Crippen LogP contribution in [0.3, 0.4) is 0 Å². The zero-order valence-corrected chi connectivity index (χ0v) is 12.0. The lowest BCUT2D eigenvalue weighted by atomic mass is 10.2. The monoisotopic (exact) mass is 300 g/mol. The molecular weight excluding hydrogens is 280 g/mol. The highest BCUT2D eigenvalue weighted by Gasteiger charge is 2.39. The predicted octanol–water partition coefficient (Wildman–Crippen LogP) is -0.334. The molecule has 8 nitrogen and oxygen atoms in total. The van der Waals surface area contributed by atoms with E-state index in [4.69, 9.17) is 14.2 Å². The van der Waals surface area contributed by atoms with Gasteiger partial charge >= 0.3 is 12.1 Å². The second-order valence-electron chi connectivity index (χ2n) is 4.91. The largest absolute Gasteiger partial charge is 0.465 e. The Hall–Kier alpha value is -1.83. The summed E-state index contributed by atoms with van der Waals surface area (Å²) in [5, 5.41) is 2.73. The third-order valence-electron chi connectivity index (χ3n) is 3.41. The van der Waals surface area contributed by atoms with Gasteiger partial charge in [0.1, 0.15) is 19.2 Å². The van der Waals surface area contributed by atoms with Crippen LogP contribution in [-0.4, -0.2) is 67.9 Å². The van der Waals surface area contributed by atoms with Crippen LogP contribution in [0.4, 0.5) is 4.79 Å². The fourth-order valence-electron chi connectivity index (χ4n) is 2.33. The lowest BCUT2D eigenvalue weighted by molar-refractivity contribution is -0.144. The molecule has 0 spiro atoms. The van der Waals surface area contributed by atoms with E-state index in [9.17, 15) is 14.4 Å². The highest BCUT2D eigenvalue weighted by atomic mass is 16.6. The molecule has 0 aromatic heterocycles. The highest BCUT2D eigenvalue weighted by Crippen LogP contribution is 2.14. The maximum atomic E-state index is 12.1. The van der Waals surface area contributed by atoms with E-state index < -0.39 is 18.1 Å². The molecule has 0 aliphatic carbocycles. The van der Waals surface area contributed by atoms with Gasteiger partial charge in [-0.15, -0.1) is 0 Å². The van der Waals surface area contributed by atoms with Crippen molar-refractivity contribution in [3.05, 3.63) is 0 Å². The summed E-state index contributed by atoms with van der Waals surface area (Å²) in [5.74, 6) is -0.908. The molecule has 2 aliphatic rings. The minimum absolute atomic E-state index is 0.0190. The molecule has 2 heterocycles. The first kappa shape index (κ1) is 15.6. The number of nitrogens with one attached hydrogen (secondary N) is 1. The molecule has 8 heteroatoms. The number of carbonyl (C=O) groups excluding carboxylic acids is 3. The molecule has 2 atom stereocenters. The van der Waals surface area contributed by atoms with E-state index >= 15 is 0 Å². The summed E-state index contributed by atoms with van der Waals surface area (Å²) in [7, 11) is 0. The van der Waals surface area contributed by atoms with Crippen LogP contribution in [0.1, 0.15) is 19.8 Å². The fourth-order valence-corrected chi connectivity index (χ4v) is 2.33. The summed E-state index contributed by atoms with van der Waals surface area (Å²) in [6.07, 6.45) is 1.23. The maximum absolute atomic E-state index is 12.1. The van der Waals surface area contributed by atoms with E-state index in [1.54, 1.807) is 6.92 Å². The lowest BCUT2D eigenvalue weighted by Gasteiger charge is -2.20. The zero-order valence-electron chi connectivity index (χ0n) is 12.0. The van der Waals surface area contributed by atoms with Crippen LogP contribution in [0.15, 0.2) is 0 Å². The number of carbonyl (C=O) groups is 3. The Morgan fingerprint density at radius 2 is 2.29 bits per heavy atom. The molecule has 0 aromatic rings. The number of nitrogens with zero attached hydrogens (tertiary/aromatic N) is 1. The predicted molar refractivity (Wildman–Crippen MR) is 70.5 cm³/mol. The third kappa shape index (κ3) is 4.07. The van der Waals surface area contributed by atoms with Crippen LogP contribution in [0.2, 0.25) is 0 Å². The molecular formula is C13H20N2O6. The van der Waals surface area contributed by atoms with E-state index in [0.717, 1.165) is 17.7 Å². The number of rotatable bonds is 6. The SMILES string of the molecule is CCOC(=O)CN1C(=O)OC[C@H]1C(=O)NCC1CCCO1. The summed E-state index contributed by atoms with van der Waals surface area (Å²) >= 11 is 0. The first-order valence-corrected chi connectivity index (χ1v) is 7.10. The number of cyclic esters (lactones) is 1. The molecule has 0 bridgehead atoms. The van der Waals surface area contributed by atoms with Gasteiger partial charge in [0, 0.05) is 13.2 Å². The van der Waals surface area contributed by atoms with E-state index in [1.807, 2.05) is 0 Å². The van der Waals surface area contributed by atoms with E-state index in [-0.39, 0.29) is 31.8 Å². The van der Waals surface area contributed by atoms with Crippen molar-refractivity contribution < 1.29 is 28.6 Å². The van der Waals surface area contributed by atoms with Crippen molar-refractivity contribution in [2.24, 2.45) is 0 Å². The fraction of sp³-hybridized carbons (Fsp3) is 0.769. The average Bonchev–Trinajstić information content (AvgIpc) is 3.08. The molecule has 2 aliphatic heterocycles. The van der Waals surface area contributed by atoms with Crippen LogP contribution in [-0.2, 0) is 23.8 Å². The van der Waals surface area contributed by atoms with Crippen LogP contribution in [0, 0.1) is 0 Å². The Labute approximate surface area is 122 Å². The van der Waals surface area contributed by atoms with Gasteiger partial charge in [0.15, 0.2) is 0 Å². The summed E-state index contributed by atoms with van der Waals surface area (Å²) in [5.41, 5.74) is 0. The smallest absolute Gasteiger partial charge is 0.411 e. The van der Waals surface area contributed by atoms with Crippen molar-refractivity contribution in [3.63, 3.8) is 0 Å². The molecule has 2 saturated heterocycles. The van der Waals surface area contributed by atoms with Gasteiger partial charge in [0.25, 0.3) is 0 Å². The minimum atomic E-state index is -0.802. The van der Waals surface area contributed by atoms with E-state index in [1.165, 1.54) is 0 Å². The molecule has 2 amide bonds. The molecule has 118 valence electrons. The summed E-state index contributed by atoms with van der Waals surface area (Å²) in [4.78, 5) is 36.2. The second-order valence-corrected chi connectivity index (χ2v) is 4.91. The topological polar surface area (TPSA) is 94.2 Å².